The lowest BCUT2D eigenvalue weighted by atomic mass is 10.1. The topological polar surface area (TPSA) is 42.0 Å². The van der Waals surface area contributed by atoms with Gasteiger partial charge in [0.15, 0.2) is 0 Å². The SMILES string of the molecule is Cc1cccc(C(=O)Nc2cccc3cccnc23)c1Br. The summed E-state index contributed by atoms with van der Waals surface area (Å²) in [4.78, 5) is 16.8. The maximum absolute atomic E-state index is 12.5. The van der Waals surface area contributed by atoms with Gasteiger partial charge in [0.25, 0.3) is 5.91 Å². The van der Waals surface area contributed by atoms with Crippen molar-refractivity contribution in [3.8, 4) is 0 Å². The van der Waals surface area contributed by atoms with Crippen molar-refractivity contribution in [3.05, 3.63) is 70.3 Å². The lowest BCUT2D eigenvalue weighted by molar-refractivity contribution is 0.102. The van der Waals surface area contributed by atoms with E-state index in [0.717, 1.165) is 20.9 Å². The number of hydrogen-bond acceptors (Lipinski definition) is 2. The molecule has 3 aromatic rings. The third-order valence-electron chi connectivity index (χ3n) is 3.32. The quantitative estimate of drug-likeness (QED) is 0.743. The number of carbonyl (C=O) groups excluding carboxylic acids is 1. The first kappa shape index (κ1) is 13.8. The standard InChI is InChI=1S/C17H13BrN2O/c1-11-5-2-8-13(15(11)18)17(21)20-14-9-3-6-12-7-4-10-19-16(12)14/h2-10H,1H3,(H,20,21). The number of aryl methyl sites for hydroxylation is 1. The van der Waals surface area contributed by atoms with E-state index in [1.54, 1.807) is 12.3 Å². The molecule has 0 aliphatic heterocycles. The van der Waals surface area contributed by atoms with E-state index in [1.165, 1.54) is 0 Å². The minimum absolute atomic E-state index is 0.149. The number of benzene rings is 2. The van der Waals surface area contributed by atoms with Crippen LogP contribution in [0, 0.1) is 6.92 Å². The summed E-state index contributed by atoms with van der Waals surface area (Å²) >= 11 is 3.47. The number of carbonyl (C=O) groups is 1. The van der Waals surface area contributed by atoms with E-state index < -0.39 is 0 Å². The second-order valence-corrected chi connectivity index (χ2v) is 5.56. The van der Waals surface area contributed by atoms with Gasteiger partial charge in [-0.05, 0) is 46.6 Å². The second-order valence-electron chi connectivity index (χ2n) is 4.77. The van der Waals surface area contributed by atoms with Crippen LogP contribution in [-0.4, -0.2) is 10.9 Å². The maximum atomic E-state index is 12.5. The molecule has 0 fully saturated rings. The van der Waals surface area contributed by atoms with Gasteiger partial charge in [-0.15, -0.1) is 0 Å². The molecule has 0 unspecified atom stereocenters. The van der Waals surface area contributed by atoms with Crippen LogP contribution in [0.3, 0.4) is 0 Å². The van der Waals surface area contributed by atoms with Gasteiger partial charge in [0, 0.05) is 16.1 Å². The highest BCUT2D eigenvalue weighted by Gasteiger charge is 2.13. The number of para-hydroxylation sites is 1. The fourth-order valence-electron chi connectivity index (χ4n) is 2.22. The Morgan fingerprint density at radius 1 is 1.10 bits per heavy atom. The number of anilines is 1. The summed E-state index contributed by atoms with van der Waals surface area (Å²) in [5.74, 6) is -0.149. The number of hydrogen-bond donors (Lipinski definition) is 1. The van der Waals surface area contributed by atoms with Crippen molar-refractivity contribution >= 4 is 38.4 Å². The van der Waals surface area contributed by atoms with Crippen molar-refractivity contribution in [1.82, 2.24) is 4.98 Å². The molecule has 0 radical (unpaired) electrons. The van der Waals surface area contributed by atoms with Gasteiger partial charge in [0.05, 0.1) is 16.8 Å². The molecule has 3 rings (SSSR count). The summed E-state index contributed by atoms with van der Waals surface area (Å²) in [5.41, 5.74) is 3.14. The van der Waals surface area contributed by atoms with Crippen LogP contribution in [0.1, 0.15) is 15.9 Å². The van der Waals surface area contributed by atoms with E-state index in [0.29, 0.717) is 11.3 Å². The van der Waals surface area contributed by atoms with Gasteiger partial charge in [-0.3, -0.25) is 9.78 Å². The monoisotopic (exact) mass is 340 g/mol. The van der Waals surface area contributed by atoms with E-state index in [1.807, 2.05) is 49.4 Å². The van der Waals surface area contributed by atoms with E-state index in [4.69, 9.17) is 0 Å². The largest absolute Gasteiger partial charge is 0.320 e. The Balaban J connectivity index is 1.99. The fraction of sp³-hybridized carbons (Fsp3) is 0.0588. The molecule has 1 aromatic heterocycles. The Labute approximate surface area is 131 Å². The van der Waals surface area contributed by atoms with E-state index >= 15 is 0 Å². The predicted molar refractivity (Wildman–Crippen MR) is 88.6 cm³/mol. The molecule has 0 saturated carbocycles. The molecule has 4 heteroatoms. The number of nitrogens with zero attached hydrogens (tertiary/aromatic N) is 1. The van der Waals surface area contributed by atoms with Crippen LogP contribution in [0.15, 0.2) is 59.2 Å². The molecule has 0 aliphatic carbocycles. The molecule has 1 N–H and O–H groups in total. The molecule has 1 heterocycles. The number of fused-ring (bicyclic) bond motifs is 1. The van der Waals surface area contributed by atoms with Crippen LogP contribution in [0.2, 0.25) is 0 Å². The zero-order valence-electron chi connectivity index (χ0n) is 11.4. The zero-order valence-corrected chi connectivity index (χ0v) is 13.0. The Kier molecular flexibility index (Phi) is 3.71. The fourth-order valence-corrected chi connectivity index (χ4v) is 2.66. The molecular formula is C17H13BrN2O. The van der Waals surface area contributed by atoms with Crippen LogP contribution in [0.5, 0.6) is 0 Å². The number of nitrogens with one attached hydrogen (secondary N) is 1. The molecule has 2 aromatic carbocycles. The second kappa shape index (κ2) is 5.66. The van der Waals surface area contributed by atoms with Gasteiger partial charge >= 0.3 is 0 Å². The normalized spacial score (nSPS) is 10.6. The molecule has 0 saturated heterocycles. The van der Waals surface area contributed by atoms with Gasteiger partial charge < -0.3 is 5.32 Å². The molecule has 0 atom stereocenters. The average molecular weight is 341 g/mol. The number of halogens is 1. The van der Waals surface area contributed by atoms with Crippen LogP contribution < -0.4 is 5.32 Å². The Morgan fingerprint density at radius 2 is 1.86 bits per heavy atom. The first-order chi connectivity index (χ1) is 10.2. The lowest BCUT2D eigenvalue weighted by Gasteiger charge is -2.10. The molecule has 104 valence electrons. The summed E-state index contributed by atoms with van der Waals surface area (Å²) in [6, 6.07) is 15.2. The molecule has 1 amide bonds. The highest BCUT2D eigenvalue weighted by molar-refractivity contribution is 9.10. The van der Waals surface area contributed by atoms with Gasteiger partial charge in [-0.2, -0.15) is 0 Å². The molecule has 0 aliphatic rings. The Hall–Kier alpha value is -2.20. The molecule has 0 bridgehead atoms. The van der Waals surface area contributed by atoms with E-state index in [9.17, 15) is 4.79 Å². The van der Waals surface area contributed by atoms with E-state index in [-0.39, 0.29) is 5.91 Å². The van der Waals surface area contributed by atoms with Gasteiger partial charge in [-0.1, -0.05) is 30.3 Å². The minimum Gasteiger partial charge on any atom is -0.320 e. The average Bonchev–Trinajstić information content (AvgIpc) is 2.50. The molecule has 3 nitrogen and oxygen atoms in total. The summed E-state index contributed by atoms with van der Waals surface area (Å²) in [6.07, 6.45) is 1.72. The van der Waals surface area contributed by atoms with Gasteiger partial charge in [0.2, 0.25) is 0 Å². The first-order valence-electron chi connectivity index (χ1n) is 6.57. The summed E-state index contributed by atoms with van der Waals surface area (Å²) < 4.78 is 0.815. The van der Waals surface area contributed by atoms with Crippen molar-refractivity contribution in [1.29, 1.82) is 0 Å². The molecule has 21 heavy (non-hydrogen) atoms. The van der Waals surface area contributed by atoms with Gasteiger partial charge in [0.1, 0.15) is 0 Å². The van der Waals surface area contributed by atoms with Crippen molar-refractivity contribution in [2.24, 2.45) is 0 Å². The molecular weight excluding hydrogens is 328 g/mol. The number of pyridine rings is 1. The van der Waals surface area contributed by atoms with E-state index in [2.05, 4.69) is 26.2 Å². The zero-order chi connectivity index (χ0) is 14.8. The van der Waals surface area contributed by atoms with Crippen molar-refractivity contribution in [2.45, 2.75) is 6.92 Å². The van der Waals surface area contributed by atoms with Crippen molar-refractivity contribution in [2.75, 3.05) is 5.32 Å². The first-order valence-corrected chi connectivity index (χ1v) is 7.36. The van der Waals surface area contributed by atoms with Gasteiger partial charge in [-0.25, -0.2) is 0 Å². The van der Waals surface area contributed by atoms with Crippen LogP contribution in [0.25, 0.3) is 10.9 Å². The third kappa shape index (κ3) is 2.67. The lowest BCUT2D eigenvalue weighted by Crippen LogP contribution is -2.13. The summed E-state index contributed by atoms with van der Waals surface area (Å²) in [6.45, 7) is 1.96. The summed E-state index contributed by atoms with van der Waals surface area (Å²) in [5, 5.41) is 3.94. The smallest absolute Gasteiger partial charge is 0.256 e. The highest BCUT2D eigenvalue weighted by atomic mass is 79.9. The Bertz CT molecular complexity index is 825. The Morgan fingerprint density at radius 3 is 2.71 bits per heavy atom. The number of amides is 1. The number of rotatable bonds is 2. The van der Waals surface area contributed by atoms with Crippen LogP contribution in [-0.2, 0) is 0 Å². The maximum Gasteiger partial charge on any atom is 0.256 e. The highest BCUT2D eigenvalue weighted by Crippen LogP contribution is 2.24. The van der Waals surface area contributed by atoms with Crippen molar-refractivity contribution in [3.63, 3.8) is 0 Å². The van der Waals surface area contributed by atoms with Crippen molar-refractivity contribution < 1.29 is 4.79 Å². The minimum atomic E-state index is -0.149. The third-order valence-corrected chi connectivity index (χ3v) is 4.37. The van der Waals surface area contributed by atoms with Crippen LogP contribution in [0.4, 0.5) is 5.69 Å². The molecule has 0 spiro atoms. The summed E-state index contributed by atoms with van der Waals surface area (Å²) in [7, 11) is 0. The number of aromatic nitrogens is 1. The predicted octanol–water partition coefficient (Wildman–Crippen LogP) is 4.56. The van der Waals surface area contributed by atoms with Crippen LogP contribution >= 0.6 is 15.9 Å².